The van der Waals surface area contributed by atoms with Crippen molar-refractivity contribution in [3.63, 3.8) is 0 Å². The Morgan fingerprint density at radius 3 is 2.63 bits per heavy atom. The number of halogens is 2. The molecule has 12 heteroatoms. The van der Waals surface area contributed by atoms with Gasteiger partial charge in [0.15, 0.2) is 0 Å². The molecule has 0 radical (unpaired) electrons. The van der Waals surface area contributed by atoms with E-state index in [2.05, 4.69) is 5.32 Å². The van der Waals surface area contributed by atoms with Crippen molar-refractivity contribution in [3.05, 3.63) is 71.8 Å². The number of benzene rings is 1. The number of ether oxygens (including phenoxy) is 1. The van der Waals surface area contributed by atoms with Crippen LogP contribution >= 0.6 is 34.5 Å². The van der Waals surface area contributed by atoms with Gasteiger partial charge in [-0.25, -0.2) is 4.79 Å². The molecule has 9 nitrogen and oxygen atoms in total. The molecule has 0 aliphatic heterocycles. The number of hydrogen-bond donors (Lipinski definition) is 1. The van der Waals surface area contributed by atoms with Gasteiger partial charge in [-0.05, 0) is 44.5 Å². The number of nitrogens with one attached hydrogen (secondary N) is 1. The van der Waals surface area contributed by atoms with Crippen LogP contribution in [0.25, 0.3) is 17.4 Å². The van der Waals surface area contributed by atoms with E-state index >= 15 is 0 Å². The van der Waals surface area contributed by atoms with Crippen molar-refractivity contribution >= 4 is 63.2 Å². The molecule has 0 fully saturated rings. The maximum absolute atomic E-state index is 12.8. The zero-order valence-corrected chi connectivity index (χ0v) is 20.9. The standard InChI is InChI=1S/C23H17Cl2N3O6S/c1-4-33-23(30)20-11(2)12(3)35-22(20)27-21(29)13(10-26)7-14-5-6-19(34-14)15-8-17(25)18(28(31)32)9-16(15)24/h5-9H,4H2,1-3H3,(H,27,29)/b13-7+. The van der Waals surface area contributed by atoms with Gasteiger partial charge < -0.3 is 14.5 Å². The number of nitrogens with zero attached hydrogens (tertiary/aromatic N) is 2. The Hall–Kier alpha value is -3.65. The molecule has 0 bridgehead atoms. The van der Waals surface area contributed by atoms with Gasteiger partial charge in [0.25, 0.3) is 11.6 Å². The minimum atomic E-state index is -0.742. The number of aryl methyl sites for hydroxylation is 1. The average molecular weight is 534 g/mol. The number of thiophene rings is 1. The number of rotatable bonds is 7. The van der Waals surface area contributed by atoms with Crippen molar-refractivity contribution in [1.29, 1.82) is 5.26 Å². The number of esters is 1. The summed E-state index contributed by atoms with van der Waals surface area (Å²) in [5.74, 6) is -0.929. The number of nitro benzene ring substituents is 1. The molecule has 180 valence electrons. The quantitative estimate of drug-likeness (QED) is 0.119. The lowest BCUT2D eigenvalue weighted by Gasteiger charge is -2.06. The van der Waals surface area contributed by atoms with Crippen molar-refractivity contribution in [2.24, 2.45) is 0 Å². The molecule has 3 aromatic rings. The number of anilines is 1. The van der Waals surface area contributed by atoms with Crippen LogP contribution in [0, 0.1) is 35.3 Å². The summed E-state index contributed by atoms with van der Waals surface area (Å²) < 4.78 is 10.7. The van der Waals surface area contributed by atoms with Crippen LogP contribution < -0.4 is 5.32 Å². The van der Waals surface area contributed by atoms with E-state index in [9.17, 15) is 25.0 Å². The van der Waals surface area contributed by atoms with Gasteiger partial charge in [-0.15, -0.1) is 11.3 Å². The third kappa shape index (κ3) is 5.54. The first-order valence-corrected chi connectivity index (χ1v) is 11.6. The normalized spacial score (nSPS) is 11.1. The van der Waals surface area contributed by atoms with Gasteiger partial charge in [0, 0.05) is 22.6 Å². The van der Waals surface area contributed by atoms with Crippen LogP contribution in [0.3, 0.4) is 0 Å². The number of hydrogen-bond acceptors (Lipinski definition) is 8. The summed E-state index contributed by atoms with van der Waals surface area (Å²) in [6, 6.07) is 7.23. The van der Waals surface area contributed by atoms with Crippen LogP contribution in [0.1, 0.15) is 33.5 Å². The van der Waals surface area contributed by atoms with Crippen LogP contribution in [-0.4, -0.2) is 23.4 Å². The molecule has 1 aromatic carbocycles. The first kappa shape index (κ1) is 26.0. The Balaban J connectivity index is 1.89. The maximum Gasteiger partial charge on any atom is 0.341 e. The Kier molecular flexibility index (Phi) is 7.96. The second-order valence-corrected chi connectivity index (χ2v) is 9.11. The molecule has 3 rings (SSSR count). The first-order chi connectivity index (χ1) is 16.6. The van der Waals surface area contributed by atoms with Gasteiger partial charge in [0.1, 0.15) is 33.2 Å². The van der Waals surface area contributed by atoms with Gasteiger partial charge in [0.05, 0.1) is 22.1 Å². The average Bonchev–Trinajstić information content (AvgIpc) is 3.37. The summed E-state index contributed by atoms with van der Waals surface area (Å²) in [7, 11) is 0. The van der Waals surface area contributed by atoms with Gasteiger partial charge in [-0.3, -0.25) is 14.9 Å². The van der Waals surface area contributed by atoms with Gasteiger partial charge >= 0.3 is 5.97 Å². The molecule has 1 N–H and O–H groups in total. The highest BCUT2D eigenvalue weighted by Crippen LogP contribution is 2.37. The fourth-order valence-corrected chi connectivity index (χ4v) is 4.59. The molecule has 0 atom stereocenters. The Morgan fingerprint density at radius 2 is 2.00 bits per heavy atom. The fraction of sp³-hybridized carbons (Fsp3) is 0.174. The van der Waals surface area contributed by atoms with Crippen LogP contribution in [0.5, 0.6) is 0 Å². The van der Waals surface area contributed by atoms with Crippen molar-refractivity contribution in [3.8, 4) is 17.4 Å². The second kappa shape index (κ2) is 10.7. The van der Waals surface area contributed by atoms with Crippen LogP contribution in [0.4, 0.5) is 10.7 Å². The molecule has 2 aromatic heterocycles. The van der Waals surface area contributed by atoms with Crippen LogP contribution in [0.2, 0.25) is 10.0 Å². The molecule has 0 saturated heterocycles. The number of carbonyl (C=O) groups is 2. The SMILES string of the molecule is CCOC(=O)c1c(NC(=O)/C(C#N)=C/c2ccc(-c3cc(Cl)c([N+](=O)[O-])cc3Cl)o2)sc(C)c1C. The summed E-state index contributed by atoms with van der Waals surface area (Å²) in [5, 5.41) is 23.3. The van der Waals surface area contributed by atoms with Gasteiger partial charge in [-0.1, -0.05) is 23.2 Å². The monoisotopic (exact) mass is 533 g/mol. The van der Waals surface area contributed by atoms with E-state index in [1.807, 2.05) is 6.07 Å². The molecule has 35 heavy (non-hydrogen) atoms. The second-order valence-electron chi connectivity index (χ2n) is 7.07. The number of nitro groups is 1. The number of amides is 1. The highest BCUT2D eigenvalue weighted by Gasteiger charge is 2.23. The first-order valence-electron chi connectivity index (χ1n) is 10.0. The minimum absolute atomic E-state index is 0.0409. The van der Waals surface area contributed by atoms with Gasteiger partial charge in [-0.2, -0.15) is 5.26 Å². The summed E-state index contributed by atoms with van der Waals surface area (Å²) >= 11 is 13.3. The fourth-order valence-electron chi connectivity index (χ4n) is 3.07. The predicted octanol–water partition coefficient (Wildman–Crippen LogP) is 6.56. The number of nitriles is 1. The maximum atomic E-state index is 12.8. The summed E-state index contributed by atoms with van der Waals surface area (Å²) in [6.45, 7) is 5.40. The van der Waals surface area contributed by atoms with E-state index in [-0.39, 0.29) is 50.0 Å². The predicted molar refractivity (Wildman–Crippen MR) is 133 cm³/mol. The summed E-state index contributed by atoms with van der Waals surface area (Å²) in [5.41, 5.74) is 0.591. The Bertz CT molecular complexity index is 1420. The minimum Gasteiger partial charge on any atom is -0.462 e. The Labute approximate surface area is 213 Å². The van der Waals surface area contributed by atoms with Gasteiger partial charge in [0.2, 0.25) is 0 Å². The Morgan fingerprint density at radius 1 is 1.29 bits per heavy atom. The lowest BCUT2D eigenvalue weighted by atomic mass is 10.1. The van der Waals surface area contributed by atoms with E-state index in [4.69, 9.17) is 32.4 Å². The largest absolute Gasteiger partial charge is 0.462 e. The third-order valence-electron chi connectivity index (χ3n) is 4.87. The van der Waals surface area contributed by atoms with Crippen molar-refractivity contribution in [2.45, 2.75) is 20.8 Å². The van der Waals surface area contributed by atoms with Crippen LogP contribution in [0.15, 0.2) is 34.3 Å². The number of carbonyl (C=O) groups excluding carboxylic acids is 2. The smallest absolute Gasteiger partial charge is 0.341 e. The molecular weight excluding hydrogens is 517 g/mol. The summed E-state index contributed by atoms with van der Waals surface area (Å²) in [4.78, 5) is 36.3. The molecule has 0 aliphatic carbocycles. The lowest BCUT2D eigenvalue weighted by molar-refractivity contribution is -0.384. The molecular formula is C23H17Cl2N3O6S. The molecule has 1 amide bonds. The molecule has 0 aliphatic rings. The number of furan rings is 1. The van der Waals surface area contributed by atoms with E-state index in [1.54, 1.807) is 20.8 Å². The zero-order valence-electron chi connectivity index (χ0n) is 18.6. The highest BCUT2D eigenvalue weighted by molar-refractivity contribution is 7.16. The van der Waals surface area contributed by atoms with E-state index in [1.165, 1.54) is 35.6 Å². The van der Waals surface area contributed by atoms with E-state index < -0.39 is 16.8 Å². The zero-order chi connectivity index (χ0) is 25.9. The molecule has 2 heterocycles. The van der Waals surface area contributed by atoms with E-state index in [0.717, 1.165) is 10.9 Å². The van der Waals surface area contributed by atoms with Crippen LogP contribution in [-0.2, 0) is 9.53 Å². The molecule has 0 saturated carbocycles. The lowest BCUT2D eigenvalue weighted by Crippen LogP contribution is -2.16. The third-order valence-corrected chi connectivity index (χ3v) is 6.61. The van der Waals surface area contributed by atoms with Crippen molar-refractivity contribution in [2.75, 3.05) is 11.9 Å². The molecule has 0 spiro atoms. The van der Waals surface area contributed by atoms with Crippen molar-refractivity contribution in [1.82, 2.24) is 0 Å². The van der Waals surface area contributed by atoms with E-state index in [0.29, 0.717) is 11.1 Å². The topological polar surface area (TPSA) is 135 Å². The summed E-state index contributed by atoms with van der Waals surface area (Å²) in [6.07, 6.45) is 1.22. The highest BCUT2D eigenvalue weighted by atomic mass is 35.5. The van der Waals surface area contributed by atoms with Crippen molar-refractivity contribution < 1.29 is 23.7 Å². The molecule has 0 unspecified atom stereocenters.